The third-order valence-electron chi connectivity index (χ3n) is 13.9. The molecule has 12 aromatic rings. The molecule has 0 amide bonds. The van der Waals surface area contributed by atoms with Gasteiger partial charge in [0, 0.05) is 32.9 Å². The average molecular weight is 843 g/mol. The molecule has 2 aromatic heterocycles. The van der Waals surface area contributed by atoms with Gasteiger partial charge < -0.3 is 4.42 Å². The van der Waals surface area contributed by atoms with E-state index in [1.54, 1.807) is 0 Å². The normalized spacial score (nSPS) is 12.8. The molecule has 66 heavy (non-hydrogen) atoms. The second kappa shape index (κ2) is 14.8. The molecule has 0 bridgehead atoms. The Hall–Kier alpha value is -8.40. The zero-order chi connectivity index (χ0) is 43.9. The van der Waals surface area contributed by atoms with Gasteiger partial charge >= 0.3 is 0 Å². The molecule has 3 nitrogen and oxygen atoms in total. The van der Waals surface area contributed by atoms with Crippen LogP contribution in [0.5, 0.6) is 0 Å². The van der Waals surface area contributed by atoms with Crippen LogP contribution in [0, 0.1) is 0 Å². The number of hydrogen-bond acceptors (Lipinski definition) is 3. The molecule has 0 atom stereocenters. The van der Waals surface area contributed by atoms with E-state index in [0.717, 1.165) is 94.2 Å². The Bertz CT molecular complexity index is 3900. The standard InChI is InChI=1S/C63H42N2O/c1-63(2)54-30-17-29-50(60(54)53-34-41-22-9-10-23-42(41)36-55(53)63)57-38-56(64-62(65-57)40-20-7-4-8-21-40)49-33-32-48(44-24-11-13-26-46(44)49)45-25-12-14-27-47(45)52-35-43(39-18-5-3-6-19-39)37-59-61(52)51-28-15-16-31-58(51)66-59/h3-38H,1-2H3. The highest BCUT2D eigenvalue weighted by molar-refractivity contribution is 6.16. The van der Waals surface area contributed by atoms with E-state index in [0.29, 0.717) is 5.82 Å². The predicted octanol–water partition coefficient (Wildman–Crippen LogP) is 17.0. The summed E-state index contributed by atoms with van der Waals surface area (Å²) >= 11 is 0. The van der Waals surface area contributed by atoms with Gasteiger partial charge in [0.25, 0.3) is 0 Å². The van der Waals surface area contributed by atoms with Gasteiger partial charge in [0.2, 0.25) is 0 Å². The average Bonchev–Trinajstić information content (AvgIpc) is 3.86. The fourth-order valence-electron chi connectivity index (χ4n) is 10.7. The van der Waals surface area contributed by atoms with Crippen molar-refractivity contribution in [1.82, 2.24) is 9.97 Å². The van der Waals surface area contributed by atoms with E-state index in [2.05, 4.69) is 220 Å². The maximum absolute atomic E-state index is 6.60. The van der Waals surface area contributed by atoms with Gasteiger partial charge in [0.05, 0.1) is 11.4 Å². The molecular weight excluding hydrogens is 801 g/mol. The summed E-state index contributed by atoms with van der Waals surface area (Å²) in [5.74, 6) is 0.699. The minimum absolute atomic E-state index is 0.176. The van der Waals surface area contributed by atoms with E-state index in [1.165, 1.54) is 33.0 Å². The first kappa shape index (κ1) is 38.1. The number of para-hydroxylation sites is 1. The van der Waals surface area contributed by atoms with Gasteiger partial charge in [-0.3, -0.25) is 0 Å². The van der Waals surface area contributed by atoms with Crippen molar-refractivity contribution in [3.05, 3.63) is 230 Å². The Morgan fingerprint density at radius 1 is 0.348 bits per heavy atom. The Morgan fingerprint density at radius 3 is 1.68 bits per heavy atom. The van der Waals surface area contributed by atoms with Crippen molar-refractivity contribution in [2.24, 2.45) is 0 Å². The van der Waals surface area contributed by atoms with Crippen molar-refractivity contribution < 1.29 is 4.42 Å². The van der Waals surface area contributed by atoms with Gasteiger partial charge in [-0.05, 0) is 114 Å². The Labute approximate surface area is 383 Å². The van der Waals surface area contributed by atoms with Gasteiger partial charge in [-0.1, -0.05) is 196 Å². The molecule has 3 heteroatoms. The quantitative estimate of drug-likeness (QED) is 0.167. The van der Waals surface area contributed by atoms with Gasteiger partial charge in [0.1, 0.15) is 11.2 Å². The number of fused-ring (bicyclic) bond motifs is 8. The minimum atomic E-state index is -0.176. The third kappa shape index (κ3) is 5.97. The molecule has 0 unspecified atom stereocenters. The fraction of sp³-hybridized carbons (Fsp3) is 0.0476. The van der Waals surface area contributed by atoms with E-state index in [-0.39, 0.29) is 5.41 Å². The lowest BCUT2D eigenvalue weighted by atomic mass is 9.81. The van der Waals surface area contributed by atoms with Crippen molar-refractivity contribution in [3.63, 3.8) is 0 Å². The fourth-order valence-corrected chi connectivity index (χ4v) is 10.7. The summed E-state index contributed by atoms with van der Waals surface area (Å²) in [5.41, 5.74) is 18.5. The smallest absolute Gasteiger partial charge is 0.160 e. The Balaban J connectivity index is 1.02. The van der Waals surface area contributed by atoms with Crippen LogP contribution in [0.4, 0.5) is 0 Å². The van der Waals surface area contributed by atoms with Gasteiger partial charge in [-0.25, -0.2) is 9.97 Å². The number of benzene rings is 10. The van der Waals surface area contributed by atoms with E-state index in [9.17, 15) is 0 Å². The summed E-state index contributed by atoms with van der Waals surface area (Å²) in [5, 5.41) is 7.00. The first-order valence-corrected chi connectivity index (χ1v) is 22.7. The third-order valence-corrected chi connectivity index (χ3v) is 13.9. The lowest BCUT2D eigenvalue weighted by Gasteiger charge is -2.22. The molecular formula is C63H42N2O. The van der Waals surface area contributed by atoms with Crippen LogP contribution in [-0.4, -0.2) is 9.97 Å². The number of nitrogens with zero attached hydrogens (tertiary/aromatic N) is 2. The highest BCUT2D eigenvalue weighted by Gasteiger charge is 2.37. The molecule has 0 fully saturated rings. The molecule has 13 rings (SSSR count). The zero-order valence-electron chi connectivity index (χ0n) is 36.6. The second-order valence-corrected chi connectivity index (χ2v) is 18.0. The van der Waals surface area contributed by atoms with Crippen LogP contribution < -0.4 is 0 Å². The van der Waals surface area contributed by atoms with Crippen LogP contribution in [0.25, 0.3) is 122 Å². The van der Waals surface area contributed by atoms with Gasteiger partial charge in [0.15, 0.2) is 5.82 Å². The van der Waals surface area contributed by atoms with E-state index in [1.807, 2.05) is 12.1 Å². The maximum Gasteiger partial charge on any atom is 0.160 e. The van der Waals surface area contributed by atoms with E-state index < -0.39 is 0 Å². The number of hydrogen-bond donors (Lipinski definition) is 0. The van der Waals surface area contributed by atoms with Crippen LogP contribution in [-0.2, 0) is 5.41 Å². The van der Waals surface area contributed by atoms with E-state index >= 15 is 0 Å². The van der Waals surface area contributed by atoms with Crippen LogP contribution in [0.3, 0.4) is 0 Å². The van der Waals surface area contributed by atoms with Gasteiger partial charge in [-0.2, -0.15) is 0 Å². The largest absolute Gasteiger partial charge is 0.456 e. The molecule has 2 heterocycles. The van der Waals surface area contributed by atoms with Crippen LogP contribution in [0.1, 0.15) is 25.0 Å². The summed E-state index contributed by atoms with van der Waals surface area (Å²) in [6.07, 6.45) is 0. The lowest BCUT2D eigenvalue weighted by Crippen LogP contribution is -2.14. The molecule has 0 spiro atoms. The van der Waals surface area contributed by atoms with Gasteiger partial charge in [-0.15, -0.1) is 0 Å². The highest BCUT2D eigenvalue weighted by atomic mass is 16.3. The van der Waals surface area contributed by atoms with Crippen molar-refractivity contribution >= 4 is 43.5 Å². The molecule has 0 N–H and O–H groups in total. The predicted molar refractivity (Wildman–Crippen MR) is 275 cm³/mol. The monoisotopic (exact) mass is 842 g/mol. The van der Waals surface area contributed by atoms with Crippen molar-refractivity contribution in [2.75, 3.05) is 0 Å². The summed E-state index contributed by atoms with van der Waals surface area (Å²) in [7, 11) is 0. The number of furan rings is 1. The van der Waals surface area contributed by atoms with Crippen LogP contribution in [0.15, 0.2) is 223 Å². The van der Waals surface area contributed by atoms with Crippen molar-refractivity contribution in [2.45, 2.75) is 19.3 Å². The van der Waals surface area contributed by atoms with Crippen LogP contribution in [0.2, 0.25) is 0 Å². The first-order chi connectivity index (χ1) is 32.5. The molecule has 0 aliphatic heterocycles. The molecule has 1 aliphatic carbocycles. The Morgan fingerprint density at radius 2 is 0.924 bits per heavy atom. The SMILES string of the molecule is CC1(C)c2cc3ccccc3cc2-c2c(-c3cc(-c4ccc(-c5ccccc5-c5cc(-c6ccccc6)cc6oc7ccccc7c56)c5ccccc45)nc(-c4ccccc4)n3)cccc21. The van der Waals surface area contributed by atoms with Crippen LogP contribution >= 0.6 is 0 Å². The van der Waals surface area contributed by atoms with E-state index in [4.69, 9.17) is 14.4 Å². The second-order valence-electron chi connectivity index (χ2n) is 18.0. The molecule has 0 radical (unpaired) electrons. The zero-order valence-corrected chi connectivity index (χ0v) is 36.6. The minimum Gasteiger partial charge on any atom is -0.456 e. The summed E-state index contributed by atoms with van der Waals surface area (Å²) in [4.78, 5) is 10.8. The molecule has 10 aromatic carbocycles. The topological polar surface area (TPSA) is 38.9 Å². The first-order valence-electron chi connectivity index (χ1n) is 22.7. The summed E-state index contributed by atoms with van der Waals surface area (Å²) in [6.45, 7) is 4.70. The van der Waals surface area contributed by atoms with Crippen molar-refractivity contribution in [3.8, 4) is 78.4 Å². The number of rotatable bonds is 6. The lowest BCUT2D eigenvalue weighted by molar-refractivity contribution is 0.661. The molecule has 0 saturated heterocycles. The molecule has 1 aliphatic rings. The summed E-state index contributed by atoms with van der Waals surface area (Å²) < 4.78 is 6.60. The number of aromatic nitrogens is 2. The summed E-state index contributed by atoms with van der Waals surface area (Å²) in [6, 6.07) is 78.4. The molecule has 310 valence electrons. The van der Waals surface area contributed by atoms with Crippen molar-refractivity contribution in [1.29, 1.82) is 0 Å². The molecule has 0 saturated carbocycles. The highest BCUT2D eigenvalue weighted by Crippen LogP contribution is 2.53. The Kier molecular flexibility index (Phi) is 8.56. The maximum atomic E-state index is 6.60.